The highest BCUT2D eigenvalue weighted by Gasteiger charge is 2.02. The smallest absolute Gasteiger partial charge is 0.148 e. The van der Waals surface area contributed by atoms with Gasteiger partial charge in [-0.15, -0.1) is 18.8 Å². The molecule has 1 N–H and O–H groups in total. The van der Waals surface area contributed by atoms with E-state index in [1.807, 2.05) is 36.4 Å². The number of halogens is 1. The van der Waals surface area contributed by atoms with Crippen LogP contribution in [0, 0.1) is 12.3 Å². The molecule has 1 aromatic heterocycles. The Balaban J connectivity index is 0.00000180. The van der Waals surface area contributed by atoms with Crippen LogP contribution in [0.3, 0.4) is 0 Å². The van der Waals surface area contributed by atoms with E-state index in [1.54, 1.807) is 6.26 Å². The van der Waals surface area contributed by atoms with Crippen LogP contribution in [0.2, 0.25) is 0 Å². The summed E-state index contributed by atoms with van der Waals surface area (Å²) in [5, 5.41) is 3.30. The zero-order valence-electron chi connectivity index (χ0n) is 10.5. The molecule has 1 heterocycles. The molecular formula is C15H16ClNO2. The van der Waals surface area contributed by atoms with Crippen LogP contribution in [0.5, 0.6) is 5.75 Å². The summed E-state index contributed by atoms with van der Waals surface area (Å²) in [6.07, 6.45) is 6.86. The van der Waals surface area contributed by atoms with E-state index in [1.165, 1.54) is 0 Å². The summed E-state index contributed by atoms with van der Waals surface area (Å²) in [5.41, 5.74) is 1.08. The monoisotopic (exact) mass is 277 g/mol. The van der Waals surface area contributed by atoms with E-state index in [2.05, 4.69) is 11.2 Å². The maximum atomic E-state index is 5.47. The van der Waals surface area contributed by atoms with Crippen molar-refractivity contribution in [3.8, 4) is 18.1 Å². The van der Waals surface area contributed by atoms with E-state index in [9.17, 15) is 0 Å². The first kappa shape index (κ1) is 15.2. The molecule has 0 spiro atoms. The van der Waals surface area contributed by atoms with Gasteiger partial charge in [0.15, 0.2) is 0 Å². The first-order chi connectivity index (χ1) is 8.90. The molecule has 3 nitrogen and oxygen atoms in total. The molecule has 2 aromatic rings. The summed E-state index contributed by atoms with van der Waals surface area (Å²) >= 11 is 0. The number of ether oxygens (including phenoxy) is 1. The van der Waals surface area contributed by atoms with Crippen LogP contribution < -0.4 is 10.1 Å². The van der Waals surface area contributed by atoms with Crippen LogP contribution in [0.4, 0.5) is 0 Å². The molecule has 0 saturated heterocycles. The zero-order chi connectivity index (χ0) is 12.6. The molecule has 0 radical (unpaired) electrons. The van der Waals surface area contributed by atoms with Gasteiger partial charge in [-0.05, 0) is 18.2 Å². The Bertz CT molecular complexity index is 517. The number of hydrogen-bond donors (Lipinski definition) is 1. The Morgan fingerprint density at radius 2 is 2.00 bits per heavy atom. The van der Waals surface area contributed by atoms with Crippen LogP contribution >= 0.6 is 12.4 Å². The molecule has 0 unspecified atom stereocenters. The standard InChI is InChI=1S/C15H15NO2.ClH/c1-2-9-18-15-8-4-3-6-13(15)11-16-12-14-7-5-10-17-14;/h1,3-8,10,16H,9,11-12H2;1H. The summed E-state index contributed by atoms with van der Waals surface area (Å²) in [5.74, 6) is 4.20. The van der Waals surface area contributed by atoms with Gasteiger partial charge in [-0.25, -0.2) is 0 Å². The Kier molecular flexibility index (Phi) is 6.59. The molecule has 0 aliphatic carbocycles. The molecule has 0 bridgehead atoms. The number of hydrogen-bond acceptors (Lipinski definition) is 3. The second kappa shape index (κ2) is 8.25. The van der Waals surface area contributed by atoms with Gasteiger partial charge in [0.2, 0.25) is 0 Å². The predicted molar refractivity (Wildman–Crippen MR) is 77.3 cm³/mol. The molecule has 19 heavy (non-hydrogen) atoms. The van der Waals surface area contributed by atoms with Crippen LogP contribution in [-0.4, -0.2) is 6.61 Å². The van der Waals surface area contributed by atoms with Crippen molar-refractivity contribution < 1.29 is 9.15 Å². The summed E-state index contributed by atoms with van der Waals surface area (Å²) in [6.45, 7) is 1.69. The van der Waals surface area contributed by atoms with Crippen molar-refractivity contribution in [1.82, 2.24) is 5.32 Å². The van der Waals surface area contributed by atoms with Gasteiger partial charge >= 0.3 is 0 Å². The molecule has 100 valence electrons. The number of nitrogens with one attached hydrogen (secondary N) is 1. The number of para-hydroxylation sites is 1. The summed E-state index contributed by atoms with van der Waals surface area (Å²) in [7, 11) is 0. The number of furan rings is 1. The Labute approximate surface area is 119 Å². The lowest BCUT2D eigenvalue weighted by molar-refractivity contribution is 0.364. The molecule has 4 heteroatoms. The largest absolute Gasteiger partial charge is 0.481 e. The van der Waals surface area contributed by atoms with Crippen molar-refractivity contribution >= 4 is 12.4 Å². The van der Waals surface area contributed by atoms with Gasteiger partial charge in [-0.2, -0.15) is 0 Å². The number of terminal acetylenes is 1. The third-order valence-corrected chi connectivity index (χ3v) is 2.48. The first-order valence-electron chi connectivity index (χ1n) is 5.77. The predicted octanol–water partition coefficient (Wildman–Crippen LogP) is 3.00. The summed E-state index contributed by atoms with van der Waals surface area (Å²) in [6, 6.07) is 11.7. The summed E-state index contributed by atoms with van der Waals surface area (Å²) < 4.78 is 10.7. The second-order valence-corrected chi connectivity index (χ2v) is 3.78. The highest BCUT2D eigenvalue weighted by atomic mass is 35.5. The fourth-order valence-corrected chi connectivity index (χ4v) is 1.64. The minimum absolute atomic E-state index is 0. The second-order valence-electron chi connectivity index (χ2n) is 3.78. The van der Waals surface area contributed by atoms with E-state index >= 15 is 0 Å². The lowest BCUT2D eigenvalue weighted by Crippen LogP contribution is -2.13. The minimum atomic E-state index is 0. The lowest BCUT2D eigenvalue weighted by atomic mass is 10.2. The third-order valence-electron chi connectivity index (χ3n) is 2.48. The van der Waals surface area contributed by atoms with Crippen LogP contribution in [0.15, 0.2) is 47.1 Å². The molecule has 0 amide bonds. The topological polar surface area (TPSA) is 34.4 Å². The summed E-state index contributed by atoms with van der Waals surface area (Å²) in [4.78, 5) is 0. The lowest BCUT2D eigenvalue weighted by Gasteiger charge is -2.09. The van der Waals surface area contributed by atoms with Crippen LogP contribution in [-0.2, 0) is 13.1 Å². The van der Waals surface area contributed by atoms with Crippen molar-refractivity contribution in [2.24, 2.45) is 0 Å². The zero-order valence-corrected chi connectivity index (χ0v) is 11.3. The Morgan fingerprint density at radius 3 is 2.74 bits per heavy atom. The first-order valence-corrected chi connectivity index (χ1v) is 5.77. The quantitative estimate of drug-likeness (QED) is 0.824. The van der Waals surface area contributed by atoms with Crippen molar-refractivity contribution in [3.05, 3.63) is 54.0 Å². The maximum Gasteiger partial charge on any atom is 0.148 e. The van der Waals surface area contributed by atoms with Gasteiger partial charge in [0.25, 0.3) is 0 Å². The van der Waals surface area contributed by atoms with E-state index in [0.29, 0.717) is 13.1 Å². The molecular weight excluding hydrogens is 262 g/mol. The fraction of sp³-hybridized carbons (Fsp3) is 0.200. The van der Waals surface area contributed by atoms with E-state index < -0.39 is 0 Å². The Hall–Kier alpha value is -1.89. The van der Waals surface area contributed by atoms with Gasteiger partial charge < -0.3 is 14.5 Å². The van der Waals surface area contributed by atoms with Gasteiger partial charge in [-0.1, -0.05) is 24.1 Å². The van der Waals surface area contributed by atoms with Crippen LogP contribution in [0.1, 0.15) is 11.3 Å². The SMILES string of the molecule is C#CCOc1ccccc1CNCc1ccco1.Cl. The molecule has 0 aliphatic heterocycles. The van der Waals surface area contributed by atoms with Crippen molar-refractivity contribution in [2.75, 3.05) is 6.61 Å². The van der Waals surface area contributed by atoms with Gasteiger partial charge in [-0.3, -0.25) is 0 Å². The average molecular weight is 278 g/mol. The Morgan fingerprint density at radius 1 is 1.16 bits per heavy atom. The minimum Gasteiger partial charge on any atom is -0.481 e. The highest BCUT2D eigenvalue weighted by molar-refractivity contribution is 5.85. The molecule has 1 aromatic carbocycles. The molecule has 0 aliphatic rings. The molecule has 0 atom stereocenters. The normalized spacial score (nSPS) is 9.42. The fourth-order valence-electron chi connectivity index (χ4n) is 1.64. The van der Waals surface area contributed by atoms with Gasteiger partial charge in [0.05, 0.1) is 12.8 Å². The van der Waals surface area contributed by atoms with Crippen LogP contribution in [0.25, 0.3) is 0 Å². The molecule has 2 rings (SSSR count). The molecule has 0 saturated carbocycles. The third kappa shape index (κ3) is 4.70. The number of rotatable bonds is 6. The highest BCUT2D eigenvalue weighted by Crippen LogP contribution is 2.17. The van der Waals surface area contributed by atoms with Gasteiger partial charge in [0, 0.05) is 12.1 Å². The van der Waals surface area contributed by atoms with E-state index in [0.717, 1.165) is 17.1 Å². The van der Waals surface area contributed by atoms with E-state index in [4.69, 9.17) is 15.6 Å². The van der Waals surface area contributed by atoms with Crippen molar-refractivity contribution in [1.29, 1.82) is 0 Å². The van der Waals surface area contributed by atoms with Crippen molar-refractivity contribution in [3.63, 3.8) is 0 Å². The average Bonchev–Trinajstić information content (AvgIpc) is 2.91. The maximum absolute atomic E-state index is 5.47. The molecule has 0 fully saturated rings. The van der Waals surface area contributed by atoms with Crippen molar-refractivity contribution in [2.45, 2.75) is 13.1 Å². The van der Waals surface area contributed by atoms with Gasteiger partial charge in [0.1, 0.15) is 18.1 Å². The number of benzene rings is 1. The van der Waals surface area contributed by atoms with E-state index in [-0.39, 0.29) is 19.0 Å².